The fourth-order valence-electron chi connectivity index (χ4n) is 2.49. The SMILES string of the molecule is OCC(Cn1ccnc1)(NC1CC1)C1CC1. The van der Waals surface area contributed by atoms with E-state index in [0.29, 0.717) is 12.0 Å². The van der Waals surface area contributed by atoms with Gasteiger partial charge in [0.05, 0.1) is 18.5 Å². The molecule has 3 rings (SSSR count). The van der Waals surface area contributed by atoms with Gasteiger partial charge < -0.3 is 15.0 Å². The Morgan fingerprint density at radius 3 is 2.69 bits per heavy atom. The van der Waals surface area contributed by atoms with Gasteiger partial charge in [0.15, 0.2) is 0 Å². The van der Waals surface area contributed by atoms with Crippen LogP contribution in [0.25, 0.3) is 0 Å². The second-order valence-corrected chi connectivity index (χ2v) is 5.24. The molecule has 2 aliphatic rings. The average molecular weight is 221 g/mol. The minimum Gasteiger partial charge on any atom is -0.394 e. The van der Waals surface area contributed by atoms with E-state index in [2.05, 4.69) is 14.9 Å². The highest BCUT2D eigenvalue weighted by atomic mass is 16.3. The third-order valence-corrected chi connectivity index (χ3v) is 3.73. The molecule has 16 heavy (non-hydrogen) atoms. The number of hydrogen-bond donors (Lipinski definition) is 2. The molecule has 0 saturated heterocycles. The fourth-order valence-corrected chi connectivity index (χ4v) is 2.49. The van der Waals surface area contributed by atoms with E-state index in [0.717, 1.165) is 6.54 Å². The quantitative estimate of drug-likeness (QED) is 0.746. The second-order valence-electron chi connectivity index (χ2n) is 5.24. The molecule has 0 aliphatic heterocycles. The van der Waals surface area contributed by atoms with Gasteiger partial charge in [0.1, 0.15) is 0 Å². The van der Waals surface area contributed by atoms with Gasteiger partial charge >= 0.3 is 0 Å². The molecule has 0 spiro atoms. The Bertz CT molecular complexity index is 343. The largest absolute Gasteiger partial charge is 0.394 e. The molecule has 0 amide bonds. The van der Waals surface area contributed by atoms with Crippen LogP contribution in [0.15, 0.2) is 18.7 Å². The number of aromatic nitrogens is 2. The van der Waals surface area contributed by atoms with Crippen LogP contribution in [0.3, 0.4) is 0 Å². The highest BCUT2D eigenvalue weighted by molar-refractivity contribution is 5.04. The van der Waals surface area contributed by atoms with Crippen molar-refractivity contribution in [2.75, 3.05) is 6.61 Å². The third-order valence-electron chi connectivity index (χ3n) is 3.73. The van der Waals surface area contributed by atoms with Crippen LogP contribution in [0.1, 0.15) is 25.7 Å². The van der Waals surface area contributed by atoms with Gasteiger partial charge in [-0.2, -0.15) is 0 Å². The lowest BCUT2D eigenvalue weighted by molar-refractivity contribution is 0.120. The molecule has 0 bridgehead atoms. The standard InChI is InChI=1S/C12H19N3O/c16-8-12(10-1-2-10,14-11-3-4-11)7-15-6-5-13-9-15/h5-6,9-11,14,16H,1-4,7-8H2. The number of hydrogen-bond acceptors (Lipinski definition) is 3. The normalized spacial score (nSPS) is 24.3. The zero-order chi connectivity index (χ0) is 11.0. The molecule has 2 fully saturated rings. The molecule has 1 atom stereocenters. The first-order valence-corrected chi connectivity index (χ1v) is 6.17. The van der Waals surface area contributed by atoms with Gasteiger partial charge in [-0.3, -0.25) is 0 Å². The van der Waals surface area contributed by atoms with Crippen LogP contribution in [0.2, 0.25) is 0 Å². The van der Waals surface area contributed by atoms with Crippen LogP contribution in [-0.4, -0.2) is 32.8 Å². The lowest BCUT2D eigenvalue weighted by atomic mass is 9.93. The number of aliphatic hydroxyl groups excluding tert-OH is 1. The number of rotatable bonds is 6. The highest BCUT2D eigenvalue weighted by Gasteiger charge is 2.47. The summed E-state index contributed by atoms with van der Waals surface area (Å²) < 4.78 is 2.07. The van der Waals surface area contributed by atoms with E-state index in [9.17, 15) is 5.11 Å². The van der Waals surface area contributed by atoms with Crippen LogP contribution < -0.4 is 5.32 Å². The molecule has 4 heteroatoms. The fraction of sp³-hybridized carbons (Fsp3) is 0.750. The molecule has 0 radical (unpaired) electrons. The molecule has 88 valence electrons. The van der Waals surface area contributed by atoms with Crippen molar-refractivity contribution in [1.29, 1.82) is 0 Å². The summed E-state index contributed by atoms with van der Waals surface area (Å²) in [6.07, 6.45) is 10.6. The van der Waals surface area contributed by atoms with E-state index in [1.807, 2.05) is 12.5 Å². The first-order chi connectivity index (χ1) is 7.82. The Kier molecular flexibility index (Phi) is 2.48. The minimum atomic E-state index is -0.109. The monoisotopic (exact) mass is 221 g/mol. The maximum atomic E-state index is 9.77. The summed E-state index contributed by atoms with van der Waals surface area (Å²) in [6, 6.07) is 0.635. The van der Waals surface area contributed by atoms with E-state index >= 15 is 0 Å². The Hall–Kier alpha value is -0.870. The zero-order valence-electron chi connectivity index (χ0n) is 9.47. The smallest absolute Gasteiger partial charge is 0.0946 e. The molecule has 4 nitrogen and oxygen atoms in total. The summed E-state index contributed by atoms with van der Waals surface area (Å²) >= 11 is 0. The van der Waals surface area contributed by atoms with Crippen molar-refractivity contribution in [3.8, 4) is 0 Å². The molecule has 1 aromatic rings. The van der Waals surface area contributed by atoms with E-state index in [4.69, 9.17) is 0 Å². The number of nitrogens with one attached hydrogen (secondary N) is 1. The van der Waals surface area contributed by atoms with Crippen molar-refractivity contribution in [1.82, 2.24) is 14.9 Å². The Morgan fingerprint density at radius 1 is 1.38 bits per heavy atom. The highest BCUT2D eigenvalue weighted by Crippen LogP contribution is 2.42. The molecule has 0 aromatic carbocycles. The lowest BCUT2D eigenvalue weighted by Crippen LogP contribution is -2.54. The van der Waals surface area contributed by atoms with Crippen molar-refractivity contribution in [3.63, 3.8) is 0 Å². The van der Waals surface area contributed by atoms with Crippen molar-refractivity contribution >= 4 is 0 Å². The van der Waals surface area contributed by atoms with Gasteiger partial charge in [-0.05, 0) is 31.6 Å². The molecule has 1 unspecified atom stereocenters. The van der Waals surface area contributed by atoms with E-state index < -0.39 is 0 Å². The topological polar surface area (TPSA) is 50.1 Å². The summed E-state index contributed by atoms with van der Waals surface area (Å²) in [7, 11) is 0. The average Bonchev–Trinajstić information content (AvgIpc) is 3.19. The Morgan fingerprint density at radius 2 is 2.19 bits per heavy atom. The molecule has 2 saturated carbocycles. The van der Waals surface area contributed by atoms with E-state index in [1.54, 1.807) is 6.20 Å². The lowest BCUT2D eigenvalue weighted by Gasteiger charge is -2.34. The van der Waals surface area contributed by atoms with Crippen LogP contribution >= 0.6 is 0 Å². The van der Waals surface area contributed by atoms with Crippen LogP contribution in [0, 0.1) is 5.92 Å². The van der Waals surface area contributed by atoms with Crippen LogP contribution in [0.4, 0.5) is 0 Å². The summed E-state index contributed by atoms with van der Waals surface area (Å²) in [5.41, 5.74) is -0.109. The van der Waals surface area contributed by atoms with Gasteiger partial charge in [0.2, 0.25) is 0 Å². The molecule has 1 heterocycles. The molecule has 2 N–H and O–H groups in total. The molecule has 2 aliphatic carbocycles. The summed E-state index contributed by atoms with van der Waals surface area (Å²) in [4.78, 5) is 4.07. The number of imidazole rings is 1. The van der Waals surface area contributed by atoms with Crippen LogP contribution in [-0.2, 0) is 6.54 Å². The van der Waals surface area contributed by atoms with Gasteiger partial charge in [-0.15, -0.1) is 0 Å². The van der Waals surface area contributed by atoms with Crippen molar-refractivity contribution in [2.24, 2.45) is 5.92 Å². The first kappa shape index (κ1) is 10.3. The summed E-state index contributed by atoms with van der Waals surface area (Å²) in [6.45, 7) is 1.07. The van der Waals surface area contributed by atoms with E-state index in [-0.39, 0.29) is 12.1 Å². The zero-order valence-corrected chi connectivity index (χ0v) is 9.47. The van der Waals surface area contributed by atoms with E-state index in [1.165, 1.54) is 25.7 Å². The third kappa shape index (κ3) is 1.99. The minimum absolute atomic E-state index is 0.109. The van der Waals surface area contributed by atoms with Gasteiger partial charge in [-0.25, -0.2) is 4.98 Å². The number of aliphatic hydroxyl groups is 1. The van der Waals surface area contributed by atoms with Gasteiger partial charge in [-0.1, -0.05) is 0 Å². The Balaban J connectivity index is 1.75. The molecular formula is C12H19N3O. The van der Waals surface area contributed by atoms with Crippen molar-refractivity contribution in [2.45, 2.75) is 43.8 Å². The van der Waals surface area contributed by atoms with Crippen molar-refractivity contribution < 1.29 is 5.11 Å². The molecular weight excluding hydrogens is 202 g/mol. The number of nitrogens with zero attached hydrogens (tertiary/aromatic N) is 2. The van der Waals surface area contributed by atoms with Gasteiger partial charge in [0, 0.05) is 25.0 Å². The second kappa shape index (κ2) is 3.86. The maximum absolute atomic E-state index is 9.77. The maximum Gasteiger partial charge on any atom is 0.0946 e. The predicted octanol–water partition coefficient (Wildman–Crippen LogP) is 0.776. The summed E-state index contributed by atoms with van der Waals surface area (Å²) in [5.74, 6) is 0.639. The first-order valence-electron chi connectivity index (χ1n) is 6.17. The van der Waals surface area contributed by atoms with Gasteiger partial charge in [0.25, 0.3) is 0 Å². The Labute approximate surface area is 95.7 Å². The summed E-state index contributed by atoms with van der Waals surface area (Å²) in [5, 5.41) is 13.4. The van der Waals surface area contributed by atoms with Crippen molar-refractivity contribution in [3.05, 3.63) is 18.7 Å². The van der Waals surface area contributed by atoms with Crippen LogP contribution in [0.5, 0.6) is 0 Å². The predicted molar refractivity (Wildman–Crippen MR) is 60.9 cm³/mol. The molecule has 1 aromatic heterocycles.